The predicted molar refractivity (Wildman–Crippen MR) is 80.2 cm³/mol. The number of aliphatic hydroxyl groups is 7. The topological polar surface area (TPSA) is 198 Å². The van der Waals surface area contributed by atoms with Crippen LogP contribution >= 0.6 is 0 Å². The van der Waals surface area contributed by atoms with Crippen LogP contribution in [-0.4, -0.2) is 116 Å². The van der Waals surface area contributed by atoms with Crippen LogP contribution in [0.4, 0.5) is 0 Å². The first-order valence-electron chi connectivity index (χ1n) is 8.06. The fraction of sp³-hybridized carbons (Fsp3) is 0.929. The van der Waals surface area contributed by atoms with Crippen molar-refractivity contribution in [2.45, 2.75) is 68.3 Å². The number of ether oxygens (including phenoxy) is 3. The zero-order valence-corrected chi connectivity index (χ0v) is 14.0. The summed E-state index contributed by atoms with van der Waals surface area (Å²) in [7, 11) is 0. The van der Waals surface area contributed by atoms with Crippen molar-refractivity contribution in [1.29, 1.82) is 0 Å². The van der Waals surface area contributed by atoms with Crippen molar-refractivity contribution in [3.63, 3.8) is 0 Å². The predicted octanol–water partition coefficient (Wildman–Crippen LogP) is -5.25. The molecule has 0 unspecified atom stereocenters. The average Bonchev–Trinajstić information content (AvgIpc) is 2.60. The van der Waals surface area contributed by atoms with Crippen molar-refractivity contribution in [2.24, 2.45) is 0 Å². The smallest absolute Gasteiger partial charge is 0.217 e. The van der Waals surface area contributed by atoms with E-state index >= 15 is 0 Å². The first-order valence-corrected chi connectivity index (χ1v) is 8.06. The van der Waals surface area contributed by atoms with Crippen LogP contribution in [0.1, 0.15) is 6.92 Å². The molecule has 0 saturated carbocycles. The van der Waals surface area contributed by atoms with Gasteiger partial charge in [-0.05, 0) is 0 Å². The number of rotatable bonds is 5. The van der Waals surface area contributed by atoms with Crippen LogP contribution in [0.25, 0.3) is 0 Å². The first-order chi connectivity index (χ1) is 12.2. The normalized spacial score (nSPS) is 46.8. The maximum Gasteiger partial charge on any atom is 0.217 e. The highest BCUT2D eigenvalue weighted by Gasteiger charge is 2.47. The molecule has 2 rings (SSSR count). The van der Waals surface area contributed by atoms with Gasteiger partial charge in [-0.2, -0.15) is 0 Å². The summed E-state index contributed by atoms with van der Waals surface area (Å²) in [6.07, 6.45) is -13.5. The summed E-state index contributed by atoms with van der Waals surface area (Å²) in [5.41, 5.74) is 0. The van der Waals surface area contributed by atoms with Gasteiger partial charge in [-0.15, -0.1) is 0 Å². The minimum absolute atomic E-state index is 0.455. The lowest BCUT2D eigenvalue weighted by atomic mass is 9.96. The maximum absolute atomic E-state index is 11.3. The summed E-state index contributed by atoms with van der Waals surface area (Å²) in [4.78, 5) is 11.3. The van der Waals surface area contributed by atoms with E-state index in [9.17, 15) is 40.5 Å². The van der Waals surface area contributed by atoms with E-state index in [-0.39, 0.29) is 0 Å². The van der Waals surface area contributed by atoms with Crippen LogP contribution in [0.15, 0.2) is 0 Å². The van der Waals surface area contributed by atoms with E-state index in [2.05, 4.69) is 5.32 Å². The van der Waals surface area contributed by atoms with Crippen LogP contribution in [-0.2, 0) is 19.0 Å². The van der Waals surface area contributed by atoms with E-state index in [0.717, 1.165) is 0 Å². The molecule has 2 aliphatic rings. The second kappa shape index (κ2) is 8.84. The second-order valence-electron chi connectivity index (χ2n) is 6.30. The molecular weight excluding hydrogens is 358 g/mol. The van der Waals surface area contributed by atoms with Crippen LogP contribution in [0, 0.1) is 0 Å². The van der Waals surface area contributed by atoms with E-state index < -0.39 is 80.5 Å². The molecule has 0 aromatic heterocycles. The number of carbonyl (C=O) groups excluding carboxylic acids is 1. The number of hydrogen-bond donors (Lipinski definition) is 8. The van der Waals surface area contributed by atoms with Gasteiger partial charge >= 0.3 is 0 Å². The van der Waals surface area contributed by atoms with E-state index in [0.29, 0.717) is 0 Å². The average molecular weight is 383 g/mol. The molecule has 0 aromatic rings. The van der Waals surface area contributed by atoms with Crippen molar-refractivity contribution >= 4 is 5.91 Å². The molecule has 152 valence electrons. The molecule has 2 heterocycles. The fourth-order valence-electron chi connectivity index (χ4n) is 2.87. The largest absolute Gasteiger partial charge is 0.394 e. The minimum Gasteiger partial charge on any atom is -0.394 e. The van der Waals surface area contributed by atoms with Crippen LogP contribution in [0.5, 0.6) is 0 Å². The summed E-state index contributed by atoms with van der Waals surface area (Å²) in [6, 6.07) is -1.19. The van der Waals surface area contributed by atoms with Crippen LogP contribution in [0.2, 0.25) is 0 Å². The van der Waals surface area contributed by atoms with Gasteiger partial charge in [0.05, 0.1) is 13.2 Å². The summed E-state index contributed by atoms with van der Waals surface area (Å²) in [5, 5.41) is 70.1. The van der Waals surface area contributed by atoms with Gasteiger partial charge in [0.25, 0.3) is 0 Å². The molecule has 0 spiro atoms. The Hall–Kier alpha value is -0.930. The Labute approximate surface area is 148 Å². The Morgan fingerprint density at radius 1 is 0.923 bits per heavy atom. The lowest BCUT2D eigenvalue weighted by Crippen LogP contribution is -2.65. The van der Waals surface area contributed by atoms with Crippen molar-refractivity contribution < 1.29 is 54.8 Å². The molecule has 0 bridgehead atoms. The molecule has 12 nitrogen and oxygen atoms in total. The number of hydrogen-bond acceptors (Lipinski definition) is 11. The summed E-state index contributed by atoms with van der Waals surface area (Å²) in [5.74, 6) is -0.538. The number of carbonyl (C=O) groups is 1. The van der Waals surface area contributed by atoms with Crippen LogP contribution in [0.3, 0.4) is 0 Å². The van der Waals surface area contributed by atoms with Crippen molar-refractivity contribution in [2.75, 3.05) is 13.2 Å². The quantitative estimate of drug-likeness (QED) is 0.226. The summed E-state index contributed by atoms with van der Waals surface area (Å²) >= 11 is 0. The van der Waals surface area contributed by atoms with Gasteiger partial charge in [0.15, 0.2) is 12.6 Å². The Morgan fingerprint density at radius 2 is 1.54 bits per heavy atom. The van der Waals surface area contributed by atoms with E-state index in [1.807, 2.05) is 0 Å². The molecule has 1 amide bonds. The van der Waals surface area contributed by atoms with Gasteiger partial charge in [0, 0.05) is 6.92 Å². The highest BCUT2D eigenvalue weighted by atomic mass is 16.7. The van der Waals surface area contributed by atoms with Gasteiger partial charge < -0.3 is 55.3 Å². The zero-order chi connectivity index (χ0) is 19.6. The standard InChI is InChI=1S/C14H25NO11/c1-4(17)15-7-10(20)8(18)5(2-16)26-14(7)24-3-6-9(19)11(21)12(22)13(23)25-6/h5-14,16,18-23H,2-3H2,1H3,(H,15,17)/t5-,6-,7+,8-,9-,10-,11+,12+,13+,14+/m1/s1. The van der Waals surface area contributed by atoms with E-state index in [1.165, 1.54) is 6.92 Å². The maximum atomic E-state index is 11.3. The SMILES string of the molecule is CC(=O)N[C@@H]1[C@@H](OC[C@H]2O[C@H](O)[C@@H](O)[C@@H](O)[C@@H]2O)O[C@H](CO)[C@@H](O)[C@@H]1O. The molecular formula is C14H25NO11. The fourth-order valence-corrected chi connectivity index (χ4v) is 2.87. The Morgan fingerprint density at radius 3 is 2.12 bits per heavy atom. The lowest BCUT2D eigenvalue weighted by molar-refractivity contribution is -0.311. The van der Waals surface area contributed by atoms with E-state index in [1.54, 1.807) is 0 Å². The monoisotopic (exact) mass is 383 g/mol. The number of aliphatic hydroxyl groups excluding tert-OH is 7. The van der Waals surface area contributed by atoms with E-state index in [4.69, 9.17) is 14.2 Å². The third-order valence-electron chi connectivity index (χ3n) is 4.36. The van der Waals surface area contributed by atoms with Crippen molar-refractivity contribution in [1.82, 2.24) is 5.32 Å². The molecule has 0 aliphatic carbocycles. The Bertz CT molecular complexity index is 480. The van der Waals surface area contributed by atoms with Gasteiger partial charge in [-0.25, -0.2) is 0 Å². The summed E-state index contributed by atoms with van der Waals surface area (Å²) < 4.78 is 15.7. The van der Waals surface area contributed by atoms with Gasteiger partial charge in [-0.1, -0.05) is 0 Å². The van der Waals surface area contributed by atoms with Crippen molar-refractivity contribution in [3.05, 3.63) is 0 Å². The molecule has 8 N–H and O–H groups in total. The molecule has 0 radical (unpaired) electrons. The van der Waals surface area contributed by atoms with Crippen molar-refractivity contribution in [3.8, 4) is 0 Å². The third kappa shape index (κ3) is 4.48. The number of nitrogens with one attached hydrogen (secondary N) is 1. The molecule has 10 atom stereocenters. The highest BCUT2D eigenvalue weighted by molar-refractivity contribution is 5.73. The molecule has 2 aliphatic heterocycles. The van der Waals surface area contributed by atoms with Gasteiger partial charge in [0.2, 0.25) is 5.91 Å². The third-order valence-corrected chi connectivity index (χ3v) is 4.36. The Kier molecular flexibility index (Phi) is 7.27. The molecule has 2 fully saturated rings. The highest BCUT2D eigenvalue weighted by Crippen LogP contribution is 2.25. The first kappa shape index (κ1) is 21.4. The molecule has 12 heteroatoms. The molecule has 2 saturated heterocycles. The summed E-state index contributed by atoms with van der Waals surface area (Å²) in [6.45, 7) is 0.0944. The number of amides is 1. The molecule has 0 aromatic carbocycles. The lowest BCUT2D eigenvalue weighted by Gasteiger charge is -2.43. The van der Waals surface area contributed by atoms with Gasteiger partial charge in [0.1, 0.15) is 48.8 Å². The Balaban J connectivity index is 2.05. The van der Waals surface area contributed by atoms with Crippen LogP contribution < -0.4 is 5.32 Å². The molecule has 26 heavy (non-hydrogen) atoms. The minimum atomic E-state index is -1.75. The van der Waals surface area contributed by atoms with Gasteiger partial charge in [-0.3, -0.25) is 4.79 Å². The zero-order valence-electron chi connectivity index (χ0n) is 14.0. The second-order valence-corrected chi connectivity index (χ2v) is 6.30.